The normalized spacial score (nSPS) is 10.3. The second-order valence-corrected chi connectivity index (χ2v) is 4.54. The van der Waals surface area contributed by atoms with Gasteiger partial charge >= 0.3 is 0 Å². The Labute approximate surface area is 127 Å². The third-order valence-corrected chi connectivity index (χ3v) is 2.83. The van der Waals surface area contributed by atoms with Crippen molar-refractivity contribution in [2.75, 3.05) is 30.9 Å². The lowest BCUT2D eigenvalue weighted by Gasteiger charge is -2.06. The van der Waals surface area contributed by atoms with Crippen molar-refractivity contribution < 1.29 is 13.9 Å². The molecule has 0 aliphatic heterocycles. The van der Waals surface area contributed by atoms with E-state index in [9.17, 15) is 9.18 Å². The Kier molecular flexibility index (Phi) is 5.79. The third-order valence-electron chi connectivity index (χ3n) is 2.83. The summed E-state index contributed by atoms with van der Waals surface area (Å²) in [6.45, 7) is 1.38. The van der Waals surface area contributed by atoms with Crippen LogP contribution in [0.4, 0.5) is 15.9 Å². The summed E-state index contributed by atoms with van der Waals surface area (Å²) in [7, 11) is 1.65. The molecule has 0 radical (unpaired) electrons. The highest BCUT2D eigenvalue weighted by atomic mass is 19.1. The highest BCUT2D eigenvalue weighted by molar-refractivity contribution is 6.02. The molecule has 1 heterocycles. The molecular weight excluding hydrogens is 287 g/mol. The van der Waals surface area contributed by atoms with Crippen molar-refractivity contribution >= 4 is 17.4 Å². The molecule has 0 fully saturated rings. The monoisotopic (exact) mass is 304 g/mol. The topological polar surface area (TPSA) is 76.1 Å². The van der Waals surface area contributed by atoms with E-state index in [1.165, 1.54) is 24.3 Å². The van der Waals surface area contributed by atoms with Crippen LogP contribution in [0, 0.1) is 5.82 Å². The van der Waals surface area contributed by atoms with Crippen LogP contribution in [0.25, 0.3) is 0 Å². The van der Waals surface area contributed by atoms with Gasteiger partial charge in [-0.25, -0.2) is 4.39 Å². The molecule has 6 nitrogen and oxygen atoms in total. The quantitative estimate of drug-likeness (QED) is 0.768. The lowest BCUT2D eigenvalue weighted by Crippen LogP contribution is -2.15. The predicted octanol–water partition coefficient (Wildman–Crippen LogP) is 2.32. The van der Waals surface area contributed by atoms with Crippen molar-refractivity contribution in [2.24, 2.45) is 0 Å². The number of halogens is 1. The molecule has 0 aliphatic carbocycles. The van der Waals surface area contributed by atoms with Crippen LogP contribution in [-0.4, -0.2) is 36.4 Å². The van der Waals surface area contributed by atoms with Crippen LogP contribution < -0.4 is 10.6 Å². The fraction of sp³-hybridized carbons (Fsp3) is 0.267. The Morgan fingerprint density at radius 2 is 1.95 bits per heavy atom. The van der Waals surface area contributed by atoms with Gasteiger partial charge < -0.3 is 15.4 Å². The molecule has 0 saturated carbocycles. The van der Waals surface area contributed by atoms with Crippen LogP contribution in [-0.2, 0) is 4.74 Å². The fourth-order valence-corrected chi connectivity index (χ4v) is 1.71. The maximum atomic E-state index is 12.8. The highest BCUT2D eigenvalue weighted by Gasteiger charge is 2.08. The highest BCUT2D eigenvalue weighted by Crippen LogP contribution is 2.10. The molecule has 1 amide bonds. The average molecular weight is 304 g/mol. The molecule has 0 unspecified atom stereocenters. The third kappa shape index (κ3) is 4.78. The first kappa shape index (κ1) is 15.8. The SMILES string of the molecule is COCCCNc1ccc(C(=O)Nc2ccc(F)cc2)nn1. The standard InChI is InChI=1S/C15H17FN4O2/c1-22-10-2-9-17-14-8-7-13(19-20-14)15(21)18-12-5-3-11(16)4-6-12/h3-8H,2,9-10H2,1H3,(H,17,20)(H,18,21). The number of carbonyl (C=O) groups excluding carboxylic acids is 1. The van der Waals surface area contributed by atoms with Crippen molar-refractivity contribution in [3.8, 4) is 0 Å². The minimum absolute atomic E-state index is 0.187. The fourth-order valence-electron chi connectivity index (χ4n) is 1.71. The Morgan fingerprint density at radius 3 is 2.59 bits per heavy atom. The van der Waals surface area contributed by atoms with Crippen molar-refractivity contribution in [1.82, 2.24) is 10.2 Å². The van der Waals surface area contributed by atoms with Gasteiger partial charge in [0.05, 0.1) is 0 Å². The first-order valence-electron chi connectivity index (χ1n) is 6.82. The number of nitrogens with one attached hydrogen (secondary N) is 2. The van der Waals surface area contributed by atoms with Gasteiger partial charge in [0, 0.05) is 25.9 Å². The number of ether oxygens (including phenoxy) is 1. The molecule has 0 atom stereocenters. The van der Waals surface area contributed by atoms with Gasteiger partial charge in [0.25, 0.3) is 5.91 Å². The molecule has 0 aliphatic rings. The number of hydrogen-bond acceptors (Lipinski definition) is 5. The van der Waals surface area contributed by atoms with Gasteiger partial charge in [0.2, 0.25) is 0 Å². The van der Waals surface area contributed by atoms with E-state index in [2.05, 4.69) is 20.8 Å². The number of nitrogens with zero attached hydrogens (tertiary/aromatic N) is 2. The van der Waals surface area contributed by atoms with Crippen LogP contribution in [0.1, 0.15) is 16.9 Å². The lowest BCUT2D eigenvalue weighted by molar-refractivity contribution is 0.102. The van der Waals surface area contributed by atoms with Crippen molar-refractivity contribution in [1.29, 1.82) is 0 Å². The minimum atomic E-state index is -0.398. The molecule has 2 N–H and O–H groups in total. The van der Waals surface area contributed by atoms with Crippen LogP contribution in [0.15, 0.2) is 36.4 Å². The molecule has 0 bridgehead atoms. The summed E-state index contributed by atoms with van der Waals surface area (Å²) < 4.78 is 17.7. The smallest absolute Gasteiger partial charge is 0.276 e. The second-order valence-electron chi connectivity index (χ2n) is 4.54. The summed E-state index contributed by atoms with van der Waals surface area (Å²) >= 11 is 0. The zero-order valence-electron chi connectivity index (χ0n) is 12.2. The van der Waals surface area contributed by atoms with E-state index in [1.807, 2.05) is 0 Å². The Morgan fingerprint density at radius 1 is 1.18 bits per heavy atom. The van der Waals surface area contributed by atoms with Gasteiger partial charge in [-0.1, -0.05) is 0 Å². The first-order chi connectivity index (χ1) is 10.7. The van der Waals surface area contributed by atoms with Crippen LogP contribution in [0.2, 0.25) is 0 Å². The predicted molar refractivity (Wildman–Crippen MR) is 81.4 cm³/mol. The Hall–Kier alpha value is -2.54. The van der Waals surface area contributed by atoms with Gasteiger partial charge in [0.15, 0.2) is 5.69 Å². The van der Waals surface area contributed by atoms with E-state index in [0.29, 0.717) is 24.7 Å². The number of benzene rings is 1. The summed E-state index contributed by atoms with van der Waals surface area (Å²) in [6, 6.07) is 8.76. The number of carbonyl (C=O) groups is 1. The minimum Gasteiger partial charge on any atom is -0.385 e. The Bertz CT molecular complexity index is 602. The maximum absolute atomic E-state index is 12.8. The number of rotatable bonds is 7. The van der Waals surface area contributed by atoms with E-state index in [-0.39, 0.29) is 11.5 Å². The first-order valence-corrected chi connectivity index (χ1v) is 6.82. The van der Waals surface area contributed by atoms with Crippen LogP contribution >= 0.6 is 0 Å². The molecular formula is C15H17FN4O2. The maximum Gasteiger partial charge on any atom is 0.276 e. The van der Waals surface area contributed by atoms with E-state index in [4.69, 9.17) is 4.74 Å². The summed E-state index contributed by atoms with van der Waals surface area (Å²) in [6.07, 6.45) is 0.852. The average Bonchev–Trinajstić information content (AvgIpc) is 2.54. The molecule has 0 spiro atoms. The number of amides is 1. The van der Waals surface area contributed by atoms with Crippen LogP contribution in [0.3, 0.4) is 0 Å². The lowest BCUT2D eigenvalue weighted by atomic mass is 10.3. The van der Waals surface area contributed by atoms with Crippen molar-refractivity contribution in [3.63, 3.8) is 0 Å². The van der Waals surface area contributed by atoms with E-state index in [1.54, 1.807) is 19.2 Å². The van der Waals surface area contributed by atoms with Gasteiger partial charge in [-0.15, -0.1) is 10.2 Å². The summed E-state index contributed by atoms with van der Waals surface area (Å²) in [4.78, 5) is 12.0. The molecule has 7 heteroatoms. The molecule has 2 aromatic rings. The zero-order valence-corrected chi connectivity index (χ0v) is 12.2. The van der Waals surface area contributed by atoms with E-state index >= 15 is 0 Å². The molecule has 1 aromatic heterocycles. The summed E-state index contributed by atoms with van der Waals surface area (Å²) in [5.41, 5.74) is 0.682. The van der Waals surface area contributed by atoms with Gasteiger partial charge in [-0.3, -0.25) is 4.79 Å². The van der Waals surface area contributed by atoms with Crippen LogP contribution in [0.5, 0.6) is 0 Å². The number of aromatic nitrogens is 2. The van der Waals surface area contributed by atoms with E-state index < -0.39 is 5.91 Å². The molecule has 1 aromatic carbocycles. The van der Waals surface area contributed by atoms with Crippen molar-refractivity contribution in [2.45, 2.75) is 6.42 Å². The summed E-state index contributed by atoms with van der Waals surface area (Å²) in [5.74, 6) is -0.166. The molecule has 116 valence electrons. The van der Waals surface area contributed by atoms with Crippen molar-refractivity contribution in [3.05, 3.63) is 47.9 Å². The van der Waals surface area contributed by atoms with E-state index in [0.717, 1.165) is 6.42 Å². The second kappa shape index (κ2) is 8.04. The summed E-state index contributed by atoms with van der Waals surface area (Å²) in [5, 5.41) is 13.5. The van der Waals surface area contributed by atoms with Gasteiger partial charge in [0.1, 0.15) is 11.6 Å². The largest absolute Gasteiger partial charge is 0.385 e. The Balaban J connectivity index is 1.89. The number of hydrogen-bond donors (Lipinski definition) is 2. The molecule has 22 heavy (non-hydrogen) atoms. The van der Waals surface area contributed by atoms with Gasteiger partial charge in [-0.2, -0.15) is 0 Å². The van der Waals surface area contributed by atoms with Gasteiger partial charge in [-0.05, 0) is 42.8 Å². The number of anilines is 2. The molecule has 0 saturated heterocycles. The zero-order chi connectivity index (χ0) is 15.8. The number of methoxy groups -OCH3 is 1. The molecule has 2 rings (SSSR count).